The fourth-order valence-electron chi connectivity index (χ4n) is 1.90. The zero-order valence-corrected chi connectivity index (χ0v) is 11.3. The monoisotopic (exact) mass is 249 g/mol. The molecule has 4 nitrogen and oxygen atoms in total. The van der Waals surface area contributed by atoms with Gasteiger partial charge >= 0.3 is 5.97 Å². The summed E-state index contributed by atoms with van der Waals surface area (Å²) in [6.45, 7) is 5.93. The van der Waals surface area contributed by atoms with E-state index in [-0.39, 0.29) is 24.7 Å². The maximum atomic E-state index is 11.7. The molecule has 18 heavy (non-hydrogen) atoms. The predicted molar refractivity (Wildman–Crippen MR) is 70.5 cm³/mol. The van der Waals surface area contributed by atoms with E-state index in [0.29, 0.717) is 0 Å². The molecule has 0 bridgehead atoms. The van der Waals surface area contributed by atoms with Crippen LogP contribution in [0.1, 0.15) is 29.5 Å². The second-order valence-electron chi connectivity index (χ2n) is 4.40. The summed E-state index contributed by atoms with van der Waals surface area (Å²) in [5, 5.41) is 2.84. The molecule has 0 atom stereocenters. The van der Waals surface area contributed by atoms with Gasteiger partial charge in [0.05, 0.1) is 13.5 Å². The molecule has 1 rings (SSSR count). The number of nitrogens with one attached hydrogen (secondary N) is 1. The maximum Gasteiger partial charge on any atom is 0.306 e. The standard InChI is InChI=1S/C14H19NO3/c1-9-7-10(2)14(11(3)8-9)15-12(16)5-6-13(17)18-4/h7-8H,5-6H2,1-4H3,(H,15,16). The minimum Gasteiger partial charge on any atom is -0.469 e. The Hall–Kier alpha value is -1.84. The van der Waals surface area contributed by atoms with E-state index < -0.39 is 0 Å². The zero-order valence-electron chi connectivity index (χ0n) is 11.3. The van der Waals surface area contributed by atoms with Crippen molar-refractivity contribution >= 4 is 17.6 Å². The molecule has 4 heteroatoms. The molecule has 0 fully saturated rings. The molecule has 1 aromatic rings. The van der Waals surface area contributed by atoms with E-state index in [1.165, 1.54) is 7.11 Å². The van der Waals surface area contributed by atoms with Gasteiger partial charge in [-0.25, -0.2) is 0 Å². The van der Waals surface area contributed by atoms with Crippen LogP contribution in [0.15, 0.2) is 12.1 Å². The van der Waals surface area contributed by atoms with Gasteiger partial charge in [-0.3, -0.25) is 9.59 Å². The Labute approximate surface area is 107 Å². The Balaban J connectivity index is 2.68. The van der Waals surface area contributed by atoms with Crippen LogP contribution in [0, 0.1) is 20.8 Å². The molecule has 0 heterocycles. The average molecular weight is 249 g/mol. The van der Waals surface area contributed by atoms with E-state index in [1.54, 1.807) is 0 Å². The molecule has 1 N–H and O–H groups in total. The van der Waals surface area contributed by atoms with Crippen LogP contribution in [0.2, 0.25) is 0 Å². The Kier molecular flexibility index (Phi) is 4.89. The van der Waals surface area contributed by atoms with Gasteiger partial charge in [-0.05, 0) is 31.9 Å². The second kappa shape index (κ2) is 6.19. The Bertz CT molecular complexity index is 443. The molecular weight excluding hydrogens is 230 g/mol. The summed E-state index contributed by atoms with van der Waals surface area (Å²) in [7, 11) is 1.31. The molecule has 0 saturated carbocycles. The van der Waals surface area contributed by atoms with E-state index in [0.717, 1.165) is 22.4 Å². The van der Waals surface area contributed by atoms with Crippen molar-refractivity contribution in [2.75, 3.05) is 12.4 Å². The highest BCUT2D eigenvalue weighted by molar-refractivity contribution is 5.94. The smallest absolute Gasteiger partial charge is 0.306 e. The summed E-state index contributed by atoms with van der Waals surface area (Å²) in [6.07, 6.45) is 0.242. The van der Waals surface area contributed by atoms with Gasteiger partial charge in [0.15, 0.2) is 0 Å². The van der Waals surface area contributed by atoms with E-state index in [4.69, 9.17) is 0 Å². The average Bonchev–Trinajstić information content (AvgIpc) is 2.30. The number of aryl methyl sites for hydroxylation is 3. The second-order valence-corrected chi connectivity index (χ2v) is 4.40. The number of rotatable bonds is 4. The Morgan fingerprint density at radius 1 is 1.11 bits per heavy atom. The van der Waals surface area contributed by atoms with Crippen LogP contribution in [0.25, 0.3) is 0 Å². The van der Waals surface area contributed by atoms with Crippen LogP contribution in [-0.4, -0.2) is 19.0 Å². The summed E-state index contributed by atoms with van der Waals surface area (Å²) in [5.41, 5.74) is 4.05. The molecule has 1 amide bonds. The van der Waals surface area contributed by atoms with Crippen molar-refractivity contribution in [2.45, 2.75) is 33.6 Å². The summed E-state index contributed by atoms with van der Waals surface area (Å²) in [4.78, 5) is 22.6. The topological polar surface area (TPSA) is 55.4 Å². The first-order valence-electron chi connectivity index (χ1n) is 5.88. The van der Waals surface area contributed by atoms with Gasteiger partial charge in [0.25, 0.3) is 0 Å². The van der Waals surface area contributed by atoms with Crippen molar-refractivity contribution in [3.63, 3.8) is 0 Å². The number of benzene rings is 1. The van der Waals surface area contributed by atoms with E-state index in [1.807, 2.05) is 32.9 Å². The van der Waals surface area contributed by atoms with Crippen LogP contribution >= 0.6 is 0 Å². The van der Waals surface area contributed by atoms with Gasteiger partial charge in [-0.1, -0.05) is 17.7 Å². The van der Waals surface area contributed by atoms with Gasteiger partial charge in [0, 0.05) is 12.1 Å². The van der Waals surface area contributed by atoms with Crippen LogP contribution in [0.5, 0.6) is 0 Å². The number of amides is 1. The lowest BCUT2D eigenvalue weighted by atomic mass is 10.0. The number of carbonyl (C=O) groups excluding carboxylic acids is 2. The normalized spacial score (nSPS) is 10.0. The fourth-order valence-corrected chi connectivity index (χ4v) is 1.90. The lowest BCUT2D eigenvalue weighted by molar-refractivity contribution is -0.141. The van der Waals surface area contributed by atoms with E-state index in [2.05, 4.69) is 10.1 Å². The van der Waals surface area contributed by atoms with Crippen molar-refractivity contribution in [3.8, 4) is 0 Å². The number of carbonyl (C=O) groups is 2. The van der Waals surface area contributed by atoms with Gasteiger partial charge in [-0.2, -0.15) is 0 Å². The summed E-state index contributed by atoms with van der Waals surface area (Å²) < 4.78 is 4.50. The molecule has 0 saturated heterocycles. The number of esters is 1. The van der Waals surface area contributed by atoms with Gasteiger partial charge < -0.3 is 10.1 Å². The predicted octanol–water partition coefficient (Wildman–Crippen LogP) is 2.50. The highest BCUT2D eigenvalue weighted by atomic mass is 16.5. The van der Waals surface area contributed by atoms with Crippen LogP contribution in [0.4, 0.5) is 5.69 Å². The third kappa shape index (κ3) is 3.87. The first kappa shape index (κ1) is 14.2. The third-order valence-corrected chi connectivity index (χ3v) is 2.73. The first-order valence-corrected chi connectivity index (χ1v) is 5.88. The SMILES string of the molecule is COC(=O)CCC(=O)Nc1c(C)cc(C)cc1C. The zero-order chi connectivity index (χ0) is 13.7. The van der Waals surface area contributed by atoms with E-state index >= 15 is 0 Å². The number of methoxy groups -OCH3 is 1. The molecule has 0 radical (unpaired) electrons. The summed E-state index contributed by atoms with van der Waals surface area (Å²) in [5.74, 6) is -0.544. The van der Waals surface area contributed by atoms with Gasteiger partial charge in [-0.15, -0.1) is 0 Å². The van der Waals surface area contributed by atoms with Crippen molar-refractivity contribution in [2.24, 2.45) is 0 Å². The molecule has 0 aliphatic carbocycles. The number of hydrogen-bond acceptors (Lipinski definition) is 3. The lowest BCUT2D eigenvalue weighted by Crippen LogP contribution is -2.15. The highest BCUT2D eigenvalue weighted by Gasteiger charge is 2.10. The molecule has 0 unspecified atom stereocenters. The number of ether oxygens (including phenoxy) is 1. The molecule has 0 aliphatic rings. The maximum absolute atomic E-state index is 11.7. The van der Waals surface area contributed by atoms with Gasteiger partial charge in [0.1, 0.15) is 0 Å². The van der Waals surface area contributed by atoms with Crippen molar-refractivity contribution < 1.29 is 14.3 Å². The summed E-state index contributed by atoms with van der Waals surface area (Å²) >= 11 is 0. The third-order valence-electron chi connectivity index (χ3n) is 2.73. The Morgan fingerprint density at radius 3 is 2.17 bits per heavy atom. The fraction of sp³-hybridized carbons (Fsp3) is 0.429. The molecule has 0 spiro atoms. The van der Waals surface area contributed by atoms with Crippen LogP contribution in [0.3, 0.4) is 0 Å². The lowest BCUT2D eigenvalue weighted by Gasteiger charge is -2.12. The van der Waals surface area contributed by atoms with E-state index in [9.17, 15) is 9.59 Å². The molecule has 1 aromatic carbocycles. The Morgan fingerprint density at radius 2 is 1.67 bits per heavy atom. The number of hydrogen-bond donors (Lipinski definition) is 1. The largest absolute Gasteiger partial charge is 0.469 e. The quantitative estimate of drug-likeness (QED) is 0.834. The minimum absolute atomic E-state index is 0.103. The van der Waals surface area contributed by atoms with Crippen molar-refractivity contribution in [1.82, 2.24) is 0 Å². The molecule has 0 aliphatic heterocycles. The highest BCUT2D eigenvalue weighted by Crippen LogP contribution is 2.22. The molecule has 98 valence electrons. The van der Waals surface area contributed by atoms with Crippen LogP contribution < -0.4 is 5.32 Å². The van der Waals surface area contributed by atoms with Crippen molar-refractivity contribution in [1.29, 1.82) is 0 Å². The first-order chi connectivity index (χ1) is 8.43. The molecule has 0 aromatic heterocycles. The van der Waals surface area contributed by atoms with Gasteiger partial charge in [0.2, 0.25) is 5.91 Å². The van der Waals surface area contributed by atoms with Crippen molar-refractivity contribution in [3.05, 3.63) is 28.8 Å². The number of anilines is 1. The van der Waals surface area contributed by atoms with Crippen LogP contribution in [-0.2, 0) is 14.3 Å². The minimum atomic E-state index is -0.373. The summed E-state index contributed by atoms with van der Waals surface area (Å²) in [6, 6.07) is 4.03. The molecular formula is C14H19NO3.